The van der Waals surface area contributed by atoms with Crippen molar-refractivity contribution in [3.8, 4) is 11.8 Å². The zero-order valence-corrected chi connectivity index (χ0v) is 14.4. The van der Waals surface area contributed by atoms with Gasteiger partial charge in [-0.25, -0.2) is 9.31 Å². The number of fused-ring (bicyclic) bond motifs is 1. The number of carbonyl (C=O) groups excluding carboxylic acids is 1. The van der Waals surface area contributed by atoms with E-state index in [1.165, 1.54) is 12.1 Å². The van der Waals surface area contributed by atoms with Crippen molar-refractivity contribution in [2.75, 3.05) is 6.54 Å². The minimum atomic E-state index is -4.50. The molecule has 0 atom stereocenters. The van der Waals surface area contributed by atoms with E-state index in [0.717, 1.165) is 10.6 Å². The van der Waals surface area contributed by atoms with Gasteiger partial charge in [0.15, 0.2) is 0 Å². The van der Waals surface area contributed by atoms with Gasteiger partial charge in [0.2, 0.25) is 5.95 Å². The molecule has 5 nitrogen and oxygen atoms in total. The van der Waals surface area contributed by atoms with E-state index in [1.807, 2.05) is 0 Å². The number of ether oxygens (including phenoxy) is 1. The summed E-state index contributed by atoms with van der Waals surface area (Å²) in [6.07, 6.45) is -6.49. The number of alkyl halides is 3. The van der Waals surface area contributed by atoms with Crippen LogP contribution in [0.25, 0.3) is 5.52 Å². The Bertz CT molecular complexity index is 870. The Hall–Kier alpha value is -2.76. The molecule has 2 aromatic heterocycles. The van der Waals surface area contributed by atoms with E-state index in [9.17, 15) is 22.4 Å². The van der Waals surface area contributed by atoms with Crippen LogP contribution in [0, 0.1) is 17.8 Å². The van der Waals surface area contributed by atoms with E-state index < -0.39 is 30.2 Å². The molecule has 0 radical (unpaired) electrons. The molecule has 0 saturated carbocycles. The lowest BCUT2D eigenvalue weighted by molar-refractivity contribution is -0.127. The van der Waals surface area contributed by atoms with Crippen LogP contribution in [0.1, 0.15) is 32.0 Å². The molecule has 1 amide bonds. The van der Waals surface area contributed by atoms with Gasteiger partial charge in [-0.15, -0.1) is 0 Å². The predicted molar refractivity (Wildman–Crippen MR) is 86.0 cm³/mol. The molecule has 0 aliphatic rings. The van der Waals surface area contributed by atoms with Crippen LogP contribution < -0.4 is 5.32 Å². The number of nitrogens with one attached hydrogen (secondary N) is 1. The third-order valence-electron chi connectivity index (χ3n) is 3.02. The van der Waals surface area contributed by atoms with Gasteiger partial charge >= 0.3 is 12.3 Å². The SMILES string of the molecule is CC(C)(C)OC(=O)NCC#Cc1nn2c(F)cccc2c1CC(F)(F)F. The van der Waals surface area contributed by atoms with Crippen LogP contribution in [0.4, 0.5) is 22.4 Å². The van der Waals surface area contributed by atoms with E-state index >= 15 is 0 Å². The molecule has 2 heterocycles. The predicted octanol–water partition coefficient (Wildman–Crippen LogP) is 3.45. The van der Waals surface area contributed by atoms with Crippen molar-refractivity contribution in [2.45, 2.75) is 39.0 Å². The first kappa shape index (κ1) is 19.6. The van der Waals surface area contributed by atoms with Gasteiger partial charge in [-0.1, -0.05) is 12.0 Å². The van der Waals surface area contributed by atoms with Gasteiger partial charge in [-0.2, -0.15) is 22.7 Å². The molecule has 0 fully saturated rings. The highest BCUT2D eigenvalue weighted by Gasteiger charge is 2.31. The van der Waals surface area contributed by atoms with Crippen LogP contribution in [0.2, 0.25) is 0 Å². The van der Waals surface area contributed by atoms with Crippen LogP contribution in [0.3, 0.4) is 0 Å². The lowest BCUT2D eigenvalue weighted by atomic mass is 10.1. The van der Waals surface area contributed by atoms with Crippen LogP contribution in [0.15, 0.2) is 18.2 Å². The molecule has 0 aromatic carbocycles. The summed E-state index contributed by atoms with van der Waals surface area (Å²) in [7, 11) is 0. The highest BCUT2D eigenvalue weighted by atomic mass is 19.4. The first-order valence-corrected chi connectivity index (χ1v) is 7.65. The fourth-order valence-electron chi connectivity index (χ4n) is 2.12. The van der Waals surface area contributed by atoms with Crippen molar-refractivity contribution in [3.05, 3.63) is 35.4 Å². The summed E-state index contributed by atoms with van der Waals surface area (Å²) in [5.41, 5.74) is -1.11. The van der Waals surface area contributed by atoms with Gasteiger partial charge in [-0.3, -0.25) is 0 Å². The van der Waals surface area contributed by atoms with Crippen molar-refractivity contribution in [1.82, 2.24) is 14.9 Å². The Morgan fingerprint density at radius 1 is 1.31 bits per heavy atom. The van der Waals surface area contributed by atoms with E-state index in [-0.39, 0.29) is 23.3 Å². The van der Waals surface area contributed by atoms with Gasteiger partial charge in [-0.05, 0) is 38.8 Å². The molecule has 0 spiro atoms. The summed E-state index contributed by atoms with van der Waals surface area (Å²) < 4.78 is 58.0. The standard InChI is InChI=1S/C17H17F4N3O2/c1-16(2,3)26-15(25)22-9-5-6-12-11(10-17(19,20)21)13-7-4-8-14(18)24(13)23-12/h4,7-8H,9-10H2,1-3H3,(H,22,25). The van der Waals surface area contributed by atoms with Crippen molar-refractivity contribution in [1.29, 1.82) is 0 Å². The molecule has 0 unspecified atom stereocenters. The highest BCUT2D eigenvalue weighted by molar-refractivity contribution is 5.68. The van der Waals surface area contributed by atoms with Gasteiger partial charge in [0.1, 0.15) is 11.3 Å². The maximum absolute atomic E-state index is 13.8. The van der Waals surface area contributed by atoms with E-state index in [2.05, 4.69) is 22.3 Å². The third kappa shape index (κ3) is 5.37. The first-order chi connectivity index (χ1) is 12.0. The van der Waals surface area contributed by atoms with Gasteiger partial charge in [0.05, 0.1) is 18.5 Å². The number of aromatic nitrogens is 2. The number of carbonyl (C=O) groups is 1. The first-order valence-electron chi connectivity index (χ1n) is 7.65. The number of alkyl carbamates (subject to hydrolysis) is 1. The molecular formula is C17H17F4N3O2. The second kappa shape index (κ2) is 7.23. The van der Waals surface area contributed by atoms with Crippen LogP contribution in [0.5, 0.6) is 0 Å². The summed E-state index contributed by atoms with van der Waals surface area (Å²) in [5.74, 6) is 4.15. The molecule has 140 valence electrons. The monoisotopic (exact) mass is 371 g/mol. The summed E-state index contributed by atoms with van der Waals surface area (Å²) in [4.78, 5) is 11.5. The fourth-order valence-corrected chi connectivity index (χ4v) is 2.12. The largest absolute Gasteiger partial charge is 0.444 e. The minimum Gasteiger partial charge on any atom is -0.444 e. The van der Waals surface area contributed by atoms with E-state index in [4.69, 9.17) is 4.74 Å². The molecule has 0 aliphatic carbocycles. The van der Waals surface area contributed by atoms with Crippen molar-refractivity contribution >= 4 is 11.6 Å². The second-order valence-electron chi connectivity index (χ2n) is 6.42. The Morgan fingerprint density at radius 3 is 2.62 bits per heavy atom. The summed E-state index contributed by atoms with van der Waals surface area (Å²) in [6, 6.07) is 3.72. The van der Waals surface area contributed by atoms with Gasteiger partial charge < -0.3 is 10.1 Å². The Kier molecular flexibility index (Phi) is 5.44. The summed E-state index contributed by atoms with van der Waals surface area (Å²) in [5, 5.41) is 6.15. The number of hydrogen-bond acceptors (Lipinski definition) is 3. The topological polar surface area (TPSA) is 55.6 Å². The highest BCUT2D eigenvalue weighted by Crippen LogP contribution is 2.26. The Morgan fingerprint density at radius 2 is 2.00 bits per heavy atom. The molecule has 2 aromatic rings. The zero-order chi connectivity index (χ0) is 19.5. The zero-order valence-electron chi connectivity index (χ0n) is 14.4. The Labute approximate surface area is 147 Å². The smallest absolute Gasteiger partial charge is 0.408 e. The van der Waals surface area contributed by atoms with Gasteiger partial charge in [0.25, 0.3) is 0 Å². The quantitative estimate of drug-likeness (QED) is 0.500. The number of nitrogens with zero attached hydrogens (tertiary/aromatic N) is 2. The maximum Gasteiger partial charge on any atom is 0.408 e. The van der Waals surface area contributed by atoms with Gasteiger partial charge in [0, 0.05) is 5.56 Å². The Balaban J connectivity index is 2.23. The number of halogens is 4. The van der Waals surface area contributed by atoms with E-state index in [1.54, 1.807) is 20.8 Å². The molecule has 0 aliphatic heterocycles. The maximum atomic E-state index is 13.8. The van der Waals surface area contributed by atoms with Crippen LogP contribution in [-0.2, 0) is 11.2 Å². The number of hydrogen-bond donors (Lipinski definition) is 1. The molecule has 1 N–H and O–H groups in total. The average Bonchev–Trinajstić information content (AvgIpc) is 2.80. The number of rotatable bonds is 2. The van der Waals surface area contributed by atoms with E-state index in [0.29, 0.717) is 0 Å². The van der Waals surface area contributed by atoms with Crippen molar-refractivity contribution in [2.24, 2.45) is 0 Å². The molecule has 0 bridgehead atoms. The summed E-state index contributed by atoms with van der Waals surface area (Å²) in [6.45, 7) is 4.91. The normalized spacial score (nSPS) is 11.8. The molecule has 9 heteroatoms. The average molecular weight is 371 g/mol. The van der Waals surface area contributed by atoms with Crippen molar-refractivity contribution in [3.63, 3.8) is 0 Å². The third-order valence-corrected chi connectivity index (χ3v) is 3.02. The lowest BCUT2D eigenvalue weighted by Crippen LogP contribution is -2.32. The van der Waals surface area contributed by atoms with Crippen molar-refractivity contribution < 1.29 is 27.1 Å². The van der Waals surface area contributed by atoms with Crippen LogP contribution >= 0.6 is 0 Å². The lowest BCUT2D eigenvalue weighted by Gasteiger charge is -2.18. The number of pyridine rings is 1. The summed E-state index contributed by atoms with van der Waals surface area (Å²) >= 11 is 0. The minimum absolute atomic E-state index is 0.00766. The molecule has 0 saturated heterocycles. The molecule has 2 rings (SSSR count). The molecule has 26 heavy (non-hydrogen) atoms. The fraction of sp³-hybridized carbons (Fsp3) is 0.412. The van der Waals surface area contributed by atoms with Crippen LogP contribution in [-0.4, -0.2) is 34.0 Å². The molecular weight excluding hydrogens is 354 g/mol. The second-order valence-corrected chi connectivity index (χ2v) is 6.42. The number of amides is 1.